The van der Waals surface area contributed by atoms with E-state index >= 15 is 0 Å². The van der Waals surface area contributed by atoms with Crippen molar-refractivity contribution in [3.63, 3.8) is 0 Å². The van der Waals surface area contributed by atoms with Crippen molar-refractivity contribution >= 4 is 57.8 Å². The summed E-state index contributed by atoms with van der Waals surface area (Å²) in [7, 11) is 1.60. The Kier molecular flexibility index (Phi) is 4.43. The number of rotatable bonds is 1. The van der Waals surface area contributed by atoms with E-state index in [1.54, 1.807) is 19.2 Å². The van der Waals surface area contributed by atoms with Gasteiger partial charge in [-0.05, 0) is 24.4 Å². The molecule has 1 aromatic rings. The van der Waals surface area contributed by atoms with Gasteiger partial charge < -0.3 is 5.32 Å². The molecule has 0 spiro atoms. The summed E-state index contributed by atoms with van der Waals surface area (Å²) in [6.07, 6.45) is 0. The molecule has 0 radical (unpaired) electrons. The lowest BCUT2D eigenvalue weighted by Crippen LogP contribution is -2.36. The number of nitrogens with two attached hydrogens (primary N) is 1. The van der Waals surface area contributed by atoms with Crippen molar-refractivity contribution in [2.24, 2.45) is 5.84 Å². The fourth-order valence-electron chi connectivity index (χ4n) is 0.857. The summed E-state index contributed by atoms with van der Waals surface area (Å²) in [6, 6.07) is 3.13. The van der Waals surface area contributed by atoms with Crippen LogP contribution in [0, 0.1) is 0 Å². The molecular weight excluding hydrogens is 277 g/mol. The summed E-state index contributed by atoms with van der Waals surface area (Å²) in [5.41, 5.74) is 0.491. The van der Waals surface area contributed by atoms with Crippen LogP contribution in [0.25, 0.3) is 0 Å². The average Bonchev–Trinajstić information content (AvgIpc) is 2.10. The molecule has 0 aliphatic rings. The van der Waals surface area contributed by atoms with Gasteiger partial charge in [0.1, 0.15) is 0 Å². The number of nitrogens with one attached hydrogen (secondary N) is 1. The summed E-state index contributed by atoms with van der Waals surface area (Å²) in [5.74, 6) is 5.43. The Morgan fingerprint density at radius 3 is 2.20 bits per heavy atom. The Balaban J connectivity index is 3.00. The van der Waals surface area contributed by atoms with Crippen molar-refractivity contribution in [2.45, 2.75) is 0 Å². The maximum absolute atomic E-state index is 5.93. The van der Waals surface area contributed by atoms with Crippen LogP contribution < -0.4 is 11.2 Å². The smallest absolute Gasteiger partial charge is 0.187 e. The summed E-state index contributed by atoms with van der Waals surface area (Å²) >= 11 is 22.6. The van der Waals surface area contributed by atoms with Crippen molar-refractivity contribution in [2.75, 3.05) is 12.4 Å². The van der Waals surface area contributed by atoms with Gasteiger partial charge in [0, 0.05) is 12.1 Å². The molecule has 7 heteroatoms. The first-order valence-corrected chi connectivity index (χ1v) is 5.40. The van der Waals surface area contributed by atoms with E-state index in [2.05, 4.69) is 5.32 Å². The Morgan fingerprint density at radius 2 is 1.80 bits per heavy atom. The van der Waals surface area contributed by atoms with Crippen LogP contribution in [0.4, 0.5) is 5.69 Å². The molecule has 82 valence electrons. The Labute approximate surface area is 108 Å². The number of halogens is 3. The van der Waals surface area contributed by atoms with Crippen LogP contribution in [-0.2, 0) is 0 Å². The minimum absolute atomic E-state index is 0.307. The number of hydrogen-bond donors (Lipinski definition) is 2. The first kappa shape index (κ1) is 12.8. The van der Waals surface area contributed by atoms with Crippen molar-refractivity contribution in [1.29, 1.82) is 0 Å². The molecule has 0 fully saturated rings. The molecule has 3 nitrogen and oxygen atoms in total. The summed E-state index contributed by atoms with van der Waals surface area (Å²) in [5, 5.41) is 5.60. The number of hydrazine groups is 1. The van der Waals surface area contributed by atoms with Gasteiger partial charge in [-0.1, -0.05) is 34.8 Å². The fraction of sp³-hybridized carbons (Fsp3) is 0.125. The lowest BCUT2D eigenvalue weighted by molar-refractivity contribution is 0.548. The van der Waals surface area contributed by atoms with E-state index in [0.717, 1.165) is 0 Å². The van der Waals surface area contributed by atoms with E-state index in [1.165, 1.54) is 5.01 Å². The maximum Gasteiger partial charge on any atom is 0.187 e. The van der Waals surface area contributed by atoms with Crippen LogP contribution in [0.3, 0.4) is 0 Å². The van der Waals surface area contributed by atoms with Crippen LogP contribution >= 0.6 is 47.0 Å². The van der Waals surface area contributed by atoms with Gasteiger partial charge in [0.15, 0.2) is 5.11 Å². The molecule has 0 aliphatic heterocycles. The second kappa shape index (κ2) is 5.18. The van der Waals surface area contributed by atoms with Crippen molar-refractivity contribution < 1.29 is 0 Å². The standard InChI is InChI=1S/C8H8Cl3N3S/c1-14(12)8(15)13-7-5(10)2-4(9)3-6(7)11/h2-3H,12H2,1H3,(H,13,15). The first-order chi connectivity index (χ1) is 6.91. The molecule has 0 aromatic heterocycles. The number of nitrogens with zero attached hydrogens (tertiary/aromatic N) is 1. The third-order valence-electron chi connectivity index (χ3n) is 1.56. The van der Waals surface area contributed by atoms with Crippen LogP contribution in [0.5, 0.6) is 0 Å². The van der Waals surface area contributed by atoms with Crippen LogP contribution in [0.2, 0.25) is 15.1 Å². The molecule has 1 rings (SSSR count). The molecule has 0 amide bonds. The van der Waals surface area contributed by atoms with E-state index in [4.69, 9.17) is 52.9 Å². The monoisotopic (exact) mass is 283 g/mol. The highest BCUT2D eigenvalue weighted by Crippen LogP contribution is 2.33. The molecule has 0 atom stereocenters. The van der Waals surface area contributed by atoms with Crippen molar-refractivity contribution in [3.05, 3.63) is 27.2 Å². The van der Waals surface area contributed by atoms with E-state index in [0.29, 0.717) is 25.9 Å². The van der Waals surface area contributed by atoms with E-state index in [9.17, 15) is 0 Å². The van der Waals surface area contributed by atoms with Gasteiger partial charge in [-0.3, -0.25) is 5.01 Å². The molecular formula is C8H8Cl3N3S. The van der Waals surface area contributed by atoms with E-state index in [1.807, 2.05) is 0 Å². The molecule has 0 unspecified atom stereocenters. The zero-order valence-electron chi connectivity index (χ0n) is 7.72. The number of hydrogen-bond acceptors (Lipinski definition) is 2. The highest BCUT2D eigenvalue weighted by molar-refractivity contribution is 7.80. The molecule has 0 saturated carbocycles. The minimum atomic E-state index is 0.307. The SMILES string of the molecule is CN(N)C(=S)Nc1c(Cl)cc(Cl)cc1Cl. The quantitative estimate of drug-likeness (QED) is 0.472. The second-order valence-corrected chi connectivity index (χ2v) is 4.42. The van der Waals surface area contributed by atoms with Gasteiger partial charge in [-0.2, -0.15) is 0 Å². The predicted molar refractivity (Wildman–Crippen MR) is 69.6 cm³/mol. The Bertz CT molecular complexity index is 372. The summed E-state index contributed by atoms with van der Waals surface area (Å²) in [6.45, 7) is 0. The fourth-order valence-corrected chi connectivity index (χ4v) is 1.87. The van der Waals surface area contributed by atoms with Gasteiger partial charge in [-0.15, -0.1) is 0 Å². The average molecular weight is 285 g/mol. The normalized spacial score (nSPS) is 9.93. The zero-order chi connectivity index (χ0) is 11.6. The Morgan fingerprint density at radius 1 is 1.33 bits per heavy atom. The number of benzene rings is 1. The minimum Gasteiger partial charge on any atom is -0.329 e. The number of anilines is 1. The van der Waals surface area contributed by atoms with Gasteiger partial charge in [0.2, 0.25) is 0 Å². The van der Waals surface area contributed by atoms with Crippen LogP contribution in [0.1, 0.15) is 0 Å². The highest BCUT2D eigenvalue weighted by atomic mass is 35.5. The lowest BCUT2D eigenvalue weighted by atomic mass is 10.3. The van der Waals surface area contributed by atoms with Crippen molar-refractivity contribution in [1.82, 2.24) is 5.01 Å². The van der Waals surface area contributed by atoms with Gasteiger partial charge >= 0.3 is 0 Å². The van der Waals surface area contributed by atoms with Gasteiger partial charge in [-0.25, -0.2) is 5.84 Å². The molecule has 0 aliphatic carbocycles. The highest BCUT2D eigenvalue weighted by Gasteiger charge is 2.10. The molecule has 3 N–H and O–H groups in total. The molecule has 15 heavy (non-hydrogen) atoms. The molecule has 0 saturated heterocycles. The maximum atomic E-state index is 5.93. The second-order valence-electron chi connectivity index (χ2n) is 2.79. The number of thiocarbonyl (C=S) groups is 1. The summed E-state index contributed by atoms with van der Waals surface area (Å²) < 4.78 is 0. The third kappa shape index (κ3) is 3.36. The Hall–Kier alpha value is -0.260. The van der Waals surface area contributed by atoms with E-state index in [-0.39, 0.29) is 0 Å². The lowest BCUT2D eigenvalue weighted by Gasteiger charge is -2.16. The topological polar surface area (TPSA) is 41.3 Å². The zero-order valence-corrected chi connectivity index (χ0v) is 10.8. The molecule has 0 bridgehead atoms. The van der Waals surface area contributed by atoms with Crippen LogP contribution in [-0.4, -0.2) is 17.2 Å². The van der Waals surface area contributed by atoms with Gasteiger partial charge in [0.25, 0.3) is 0 Å². The summed E-state index contributed by atoms with van der Waals surface area (Å²) in [4.78, 5) is 0. The predicted octanol–water partition coefficient (Wildman–Crippen LogP) is 3.15. The molecule has 1 aromatic carbocycles. The van der Waals surface area contributed by atoms with Crippen molar-refractivity contribution in [3.8, 4) is 0 Å². The molecule has 0 heterocycles. The van der Waals surface area contributed by atoms with Crippen LogP contribution in [0.15, 0.2) is 12.1 Å². The first-order valence-electron chi connectivity index (χ1n) is 3.85. The van der Waals surface area contributed by atoms with Gasteiger partial charge in [0.05, 0.1) is 15.7 Å². The largest absolute Gasteiger partial charge is 0.329 e. The third-order valence-corrected chi connectivity index (χ3v) is 2.76. The van der Waals surface area contributed by atoms with E-state index < -0.39 is 0 Å².